The molecule has 1 aliphatic heterocycles. The van der Waals surface area contributed by atoms with E-state index in [2.05, 4.69) is 24.9 Å². The van der Waals surface area contributed by atoms with Crippen LogP contribution in [0.5, 0.6) is 5.75 Å². The van der Waals surface area contributed by atoms with E-state index in [-0.39, 0.29) is 12.0 Å². The molecular formula is C15H23NO3. The molecule has 4 nitrogen and oxygen atoms in total. The van der Waals surface area contributed by atoms with Crippen LogP contribution in [-0.2, 0) is 11.3 Å². The van der Waals surface area contributed by atoms with Crippen molar-refractivity contribution in [1.29, 1.82) is 0 Å². The van der Waals surface area contributed by atoms with Crippen molar-refractivity contribution in [3.8, 4) is 5.75 Å². The largest absolute Gasteiger partial charge is 0.491 e. The molecule has 1 heterocycles. The van der Waals surface area contributed by atoms with Gasteiger partial charge >= 0.3 is 0 Å². The third-order valence-electron chi connectivity index (χ3n) is 3.31. The molecule has 0 amide bonds. The smallest absolute Gasteiger partial charge is 0.123 e. The van der Waals surface area contributed by atoms with Crippen molar-refractivity contribution in [2.24, 2.45) is 5.41 Å². The quantitative estimate of drug-likeness (QED) is 0.812. The number of benzene rings is 1. The number of aliphatic hydroxyl groups excluding tert-OH is 1. The van der Waals surface area contributed by atoms with Crippen LogP contribution < -0.4 is 4.74 Å². The first-order valence-electron chi connectivity index (χ1n) is 6.71. The second-order valence-corrected chi connectivity index (χ2v) is 5.66. The molecular weight excluding hydrogens is 242 g/mol. The van der Waals surface area contributed by atoms with Crippen molar-refractivity contribution in [3.63, 3.8) is 0 Å². The Morgan fingerprint density at radius 1 is 1.37 bits per heavy atom. The second kappa shape index (κ2) is 6.37. The summed E-state index contributed by atoms with van der Waals surface area (Å²) >= 11 is 0. The van der Waals surface area contributed by atoms with Crippen LogP contribution in [0.3, 0.4) is 0 Å². The van der Waals surface area contributed by atoms with Crippen LogP contribution in [0, 0.1) is 5.41 Å². The van der Waals surface area contributed by atoms with Gasteiger partial charge in [0.25, 0.3) is 0 Å². The number of para-hydroxylation sites is 1. The zero-order chi connectivity index (χ0) is 13.7. The molecule has 0 unspecified atom stereocenters. The van der Waals surface area contributed by atoms with Crippen LogP contribution in [0.2, 0.25) is 0 Å². The summed E-state index contributed by atoms with van der Waals surface area (Å²) < 4.78 is 10.8. The minimum atomic E-state index is 0.0413. The Hall–Kier alpha value is -1.10. The van der Waals surface area contributed by atoms with E-state index >= 15 is 0 Å². The molecule has 0 spiro atoms. The topological polar surface area (TPSA) is 41.9 Å². The molecule has 0 aromatic heterocycles. The van der Waals surface area contributed by atoms with Crippen LogP contribution in [0.15, 0.2) is 24.3 Å². The zero-order valence-corrected chi connectivity index (χ0v) is 11.8. The highest BCUT2D eigenvalue weighted by atomic mass is 16.5. The summed E-state index contributed by atoms with van der Waals surface area (Å²) in [5.41, 5.74) is 1.44. The van der Waals surface area contributed by atoms with Gasteiger partial charge in [0.1, 0.15) is 12.4 Å². The van der Waals surface area contributed by atoms with E-state index in [1.54, 1.807) is 0 Å². The van der Waals surface area contributed by atoms with E-state index in [1.165, 1.54) is 0 Å². The molecule has 0 saturated carbocycles. The van der Waals surface area contributed by atoms with E-state index in [4.69, 9.17) is 14.6 Å². The lowest BCUT2D eigenvalue weighted by molar-refractivity contribution is -0.113. The summed E-state index contributed by atoms with van der Waals surface area (Å²) in [6.45, 7) is 6.19. The molecule has 1 aromatic carbocycles. The first-order chi connectivity index (χ1) is 9.13. The van der Waals surface area contributed by atoms with Gasteiger partial charge < -0.3 is 19.5 Å². The SMILES string of the molecule is CN(Cc1ccccc1OCCO)CC1(C)COC1. The highest BCUT2D eigenvalue weighted by Crippen LogP contribution is 2.28. The Morgan fingerprint density at radius 3 is 2.74 bits per heavy atom. The van der Waals surface area contributed by atoms with Gasteiger partial charge in [0, 0.05) is 24.1 Å². The maximum atomic E-state index is 8.84. The predicted molar refractivity (Wildman–Crippen MR) is 74.3 cm³/mol. The predicted octanol–water partition coefficient (Wildman–Crippen LogP) is 1.53. The molecule has 19 heavy (non-hydrogen) atoms. The third kappa shape index (κ3) is 3.93. The summed E-state index contributed by atoms with van der Waals surface area (Å²) in [5, 5.41) is 8.84. The average molecular weight is 265 g/mol. The van der Waals surface area contributed by atoms with Gasteiger partial charge in [0.05, 0.1) is 19.8 Å². The molecule has 0 aliphatic carbocycles. The van der Waals surface area contributed by atoms with Gasteiger partial charge in [-0.05, 0) is 13.1 Å². The van der Waals surface area contributed by atoms with Crippen LogP contribution in [0.1, 0.15) is 12.5 Å². The summed E-state index contributed by atoms with van der Waals surface area (Å²) in [7, 11) is 2.12. The molecule has 2 rings (SSSR count). The lowest BCUT2D eigenvalue weighted by Gasteiger charge is -2.40. The molecule has 1 fully saturated rings. The number of hydrogen-bond donors (Lipinski definition) is 1. The van der Waals surface area contributed by atoms with Crippen molar-refractivity contribution in [2.75, 3.05) is 40.0 Å². The molecule has 4 heteroatoms. The minimum absolute atomic E-state index is 0.0413. The van der Waals surface area contributed by atoms with E-state index in [1.807, 2.05) is 18.2 Å². The number of ether oxygens (including phenoxy) is 2. The summed E-state index contributed by atoms with van der Waals surface area (Å²) in [6, 6.07) is 8.00. The van der Waals surface area contributed by atoms with Gasteiger partial charge in [-0.15, -0.1) is 0 Å². The van der Waals surface area contributed by atoms with Crippen LogP contribution in [0.25, 0.3) is 0 Å². The standard InChI is InChI=1S/C15H23NO3/c1-15(11-18-12-15)10-16(2)9-13-5-3-4-6-14(13)19-8-7-17/h3-6,17H,7-12H2,1-2H3. The van der Waals surface area contributed by atoms with E-state index < -0.39 is 0 Å². The highest BCUT2D eigenvalue weighted by molar-refractivity contribution is 5.33. The monoisotopic (exact) mass is 265 g/mol. The third-order valence-corrected chi connectivity index (χ3v) is 3.31. The number of aliphatic hydroxyl groups is 1. The maximum Gasteiger partial charge on any atom is 0.123 e. The fourth-order valence-electron chi connectivity index (χ4n) is 2.47. The van der Waals surface area contributed by atoms with Crippen LogP contribution in [0.4, 0.5) is 0 Å². The summed E-state index contributed by atoms with van der Waals surface area (Å²) in [4.78, 5) is 2.30. The van der Waals surface area contributed by atoms with E-state index in [0.29, 0.717) is 6.61 Å². The van der Waals surface area contributed by atoms with Crippen LogP contribution in [-0.4, -0.2) is 50.0 Å². The van der Waals surface area contributed by atoms with E-state index in [9.17, 15) is 0 Å². The summed E-state index contributed by atoms with van der Waals surface area (Å²) in [5.74, 6) is 0.860. The molecule has 0 bridgehead atoms. The molecule has 0 radical (unpaired) electrons. The van der Waals surface area contributed by atoms with E-state index in [0.717, 1.165) is 37.6 Å². The Bertz CT molecular complexity index is 404. The van der Waals surface area contributed by atoms with Crippen LogP contribution >= 0.6 is 0 Å². The van der Waals surface area contributed by atoms with Crippen molar-refractivity contribution in [1.82, 2.24) is 4.90 Å². The van der Waals surface area contributed by atoms with Crippen molar-refractivity contribution >= 4 is 0 Å². The Morgan fingerprint density at radius 2 is 2.11 bits per heavy atom. The van der Waals surface area contributed by atoms with Crippen molar-refractivity contribution in [2.45, 2.75) is 13.5 Å². The molecule has 0 atom stereocenters. The minimum Gasteiger partial charge on any atom is -0.491 e. The van der Waals surface area contributed by atoms with Crippen molar-refractivity contribution < 1.29 is 14.6 Å². The normalized spacial score (nSPS) is 17.3. The number of rotatable bonds is 7. The van der Waals surface area contributed by atoms with Gasteiger partial charge in [-0.3, -0.25) is 0 Å². The first kappa shape index (κ1) is 14.3. The van der Waals surface area contributed by atoms with Gasteiger partial charge in [0.15, 0.2) is 0 Å². The van der Waals surface area contributed by atoms with Crippen molar-refractivity contribution in [3.05, 3.63) is 29.8 Å². The first-order valence-corrected chi connectivity index (χ1v) is 6.71. The second-order valence-electron chi connectivity index (χ2n) is 5.66. The van der Waals surface area contributed by atoms with Gasteiger partial charge in [-0.1, -0.05) is 25.1 Å². The number of hydrogen-bond acceptors (Lipinski definition) is 4. The Balaban J connectivity index is 1.93. The zero-order valence-electron chi connectivity index (χ0n) is 11.8. The molecule has 1 aromatic rings. The fourth-order valence-corrected chi connectivity index (χ4v) is 2.47. The van der Waals surface area contributed by atoms with Gasteiger partial charge in [0.2, 0.25) is 0 Å². The maximum absolute atomic E-state index is 8.84. The lowest BCUT2D eigenvalue weighted by Crippen LogP contribution is -2.47. The molecule has 1 aliphatic rings. The van der Waals surface area contributed by atoms with Gasteiger partial charge in [-0.2, -0.15) is 0 Å². The molecule has 106 valence electrons. The fraction of sp³-hybridized carbons (Fsp3) is 0.600. The Kier molecular flexibility index (Phi) is 4.80. The molecule has 1 saturated heterocycles. The average Bonchev–Trinajstić information content (AvgIpc) is 2.36. The van der Waals surface area contributed by atoms with Gasteiger partial charge in [-0.25, -0.2) is 0 Å². The number of nitrogens with zero attached hydrogens (tertiary/aromatic N) is 1. The Labute approximate surface area is 114 Å². The molecule has 1 N–H and O–H groups in total. The summed E-state index contributed by atoms with van der Waals surface area (Å²) in [6.07, 6.45) is 0. The lowest BCUT2D eigenvalue weighted by atomic mass is 9.88. The highest BCUT2D eigenvalue weighted by Gasteiger charge is 2.34.